The lowest BCUT2D eigenvalue weighted by atomic mass is 10.1. The van der Waals surface area contributed by atoms with Crippen LogP contribution in [0.4, 0.5) is 10.7 Å². The third kappa shape index (κ3) is 3.18. The highest BCUT2D eigenvalue weighted by atomic mass is 32.1. The highest BCUT2D eigenvalue weighted by molar-refractivity contribution is 7.18. The van der Waals surface area contributed by atoms with Gasteiger partial charge in [-0.05, 0) is 30.8 Å². The molecule has 1 aliphatic heterocycles. The van der Waals surface area contributed by atoms with Crippen molar-refractivity contribution in [3.8, 4) is 16.5 Å². The van der Waals surface area contributed by atoms with Crippen LogP contribution in [0.25, 0.3) is 10.4 Å². The van der Waals surface area contributed by atoms with E-state index in [1.54, 1.807) is 6.07 Å². The van der Waals surface area contributed by atoms with Crippen LogP contribution in [-0.2, 0) is 0 Å². The number of benzene rings is 1. The van der Waals surface area contributed by atoms with Crippen molar-refractivity contribution in [2.24, 2.45) is 0 Å². The Morgan fingerprint density at radius 1 is 1.22 bits per heavy atom. The zero-order valence-electron chi connectivity index (χ0n) is 12.7. The maximum atomic E-state index is 10.8. The van der Waals surface area contributed by atoms with E-state index in [4.69, 9.17) is 0 Å². The molecule has 1 aromatic heterocycles. The van der Waals surface area contributed by atoms with Crippen LogP contribution in [0.5, 0.6) is 0 Å². The summed E-state index contributed by atoms with van der Waals surface area (Å²) in [6.45, 7) is 3.75. The number of thiophene rings is 1. The molecular weight excluding hydrogens is 312 g/mol. The van der Waals surface area contributed by atoms with Crippen LogP contribution in [-0.4, -0.2) is 43.0 Å². The molecule has 0 N–H and O–H groups in total. The Balaban J connectivity index is 1.90. The van der Waals surface area contributed by atoms with Crippen molar-refractivity contribution in [1.29, 1.82) is 5.26 Å². The molecule has 0 unspecified atom stereocenters. The third-order valence-electron chi connectivity index (χ3n) is 4.02. The summed E-state index contributed by atoms with van der Waals surface area (Å²) in [6.07, 6.45) is 0. The molecule has 0 radical (unpaired) electrons. The molecule has 2 aromatic rings. The molecule has 0 bridgehead atoms. The Hall–Kier alpha value is -2.43. The van der Waals surface area contributed by atoms with Crippen LogP contribution in [0, 0.1) is 21.4 Å². The summed E-state index contributed by atoms with van der Waals surface area (Å²) in [5.41, 5.74) is 2.40. The summed E-state index contributed by atoms with van der Waals surface area (Å²) in [5, 5.41) is 20.4. The molecule has 1 fully saturated rings. The van der Waals surface area contributed by atoms with Gasteiger partial charge in [0.1, 0.15) is 6.07 Å². The fourth-order valence-corrected chi connectivity index (χ4v) is 3.50. The topological polar surface area (TPSA) is 73.4 Å². The van der Waals surface area contributed by atoms with Crippen LogP contribution in [0.3, 0.4) is 0 Å². The summed E-state index contributed by atoms with van der Waals surface area (Å²) in [7, 11) is 2.09. The van der Waals surface area contributed by atoms with Crippen LogP contribution >= 0.6 is 11.3 Å². The predicted octanol–water partition coefficient (Wildman–Crippen LogP) is 2.95. The maximum absolute atomic E-state index is 10.8. The average molecular weight is 328 g/mol. The van der Waals surface area contributed by atoms with Crippen LogP contribution < -0.4 is 4.90 Å². The first-order chi connectivity index (χ1) is 11.1. The first-order valence-corrected chi connectivity index (χ1v) is 8.12. The summed E-state index contributed by atoms with van der Waals surface area (Å²) < 4.78 is 0. The molecule has 0 spiro atoms. The van der Waals surface area contributed by atoms with E-state index in [0.29, 0.717) is 5.56 Å². The number of anilines is 1. The number of piperazine rings is 1. The summed E-state index contributed by atoms with van der Waals surface area (Å²) >= 11 is 1.13. The van der Waals surface area contributed by atoms with E-state index >= 15 is 0 Å². The van der Waals surface area contributed by atoms with Gasteiger partial charge in [-0.25, -0.2) is 0 Å². The number of nitro groups is 1. The van der Waals surface area contributed by atoms with Gasteiger partial charge in [-0.15, -0.1) is 0 Å². The molecule has 6 nitrogen and oxygen atoms in total. The Kier molecular flexibility index (Phi) is 4.28. The van der Waals surface area contributed by atoms with Gasteiger partial charge in [0.15, 0.2) is 0 Å². The molecule has 3 rings (SSSR count). The largest absolute Gasteiger partial charge is 0.368 e. The molecule has 2 heterocycles. The Morgan fingerprint density at radius 3 is 2.57 bits per heavy atom. The van der Waals surface area contributed by atoms with Crippen molar-refractivity contribution in [1.82, 2.24) is 4.90 Å². The van der Waals surface area contributed by atoms with Crippen LogP contribution in [0.2, 0.25) is 0 Å². The molecule has 118 valence electrons. The minimum Gasteiger partial charge on any atom is -0.368 e. The number of likely N-dealkylation sites (N-methyl/N-ethyl adjacent to an activating group) is 1. The molecule has 0 atom stereocenters. The van der Waals surface area contributed by atoms with Crippen molar-refractivity contribution in [3.05, 3.63) is 46.0 Å². The smallest absolute Gasteiger partial charge is 0.324 e. The standard InChI is InChI=1S/C16H16N4O2S/c1-18-6-8-19(9-7-18)14-3-2-12(10-13(14)11-17)15-4-5-16(23-15)20(21)22/h2-5,10H,6-9H2,1H3. The molecule has 1 aliphatic rings. The third-order valence-corrected chi connectivity index (χ3v) is 5.10. The van der Waals surface area contributed by atoms with Crippen LogP contribution in [0.1, 0.15) is 5.56 Å². The molecule has 23 heavy (non-hydrogen) atoms. The number of rotatable bonds is 3. The summed E-state index contributed by atoms with van der Waals surface area (Å²) in [6, 6.07) is 11.2. The van der Waals surface area contributed by atoms with Gasteiger partial charge in [-0.1, -0.05) is 17.4 Å². The fourth-order valence-electron chi connectivity index (χ4n) is 2.68. The van der Waals surface area contributed by atoms with Crippen LogP contribution in [0.15, 0.2) is 30.3 Å². The van der Waals surface area contributed by atoms with Crippen molar-refractivity contribution in [2.45, 2.75) is 0 Å². The number of hydrogen-bond acceptors (Lipinski definition) is 6. The minimum absolute atomic E-state index is 0.113. The van der Waals surface area contributed by atoms with Gasteiger partial charge >= 0.3 is 5.00 Å². The Morgan fingerprint density at radius 2 is 1.96 bits per heavy atom. The first kappa shape index (κ1) is 15.5. The van der Waals surface area contributed by atoms with E-state index < -0.39 is 4.92 Å². The second kappa shape index (κ2) is 6.36. The van der Waals surface area contributed by atoms with Gasteiger partial charge in [0.25, 0.3) is 0 Å². The SMILES string of the molecule is CN1CCN(c2ccc(-c3ccc([N+](=O)[O-])s3)cc2C#N)CC1. The zero-order valence-corrected chi connectivity index (χ0v) is 13.5. The van der Waals surface area contributed by atoms with Gasteiger partial charge in [0, 0.05) is 37.1 Å². The normalized spacial score (nSPS) is 15.4. The van der Waals surface area contributed by atoms with E-state index in [2.05, 4.69) is 22.9 Å². The van der Waals surface area contributed by atoms with Crippen molar-refractivity contribution in [3.63, 3.8) is 0 Å². The second-order valence-corrected chi connectivity index (χ2v) is 6.59. The highest BCUT2D eigenvalue weighted by Crippen LogP contribution is 2.35. The van der Waals surface area contributed by atoms with Gasteiger partial charge < -0.3 is 9.80 Å². The molecular formula is C16H16N4O2S. The van der Waals surface area contributed by atoms with E-state index in [-0.39, 0.29) is 5.00 Å². The monoisotopic (exact) mass is 328 g/mol. The maximum Gasteiger partial charge on any atom is 0.324 e. The summed E-state index contributed by atoms with van der Waals surface area (Å²) in [4.78, 5) is 15.7. The number of nitrogens with zero attached hydrogens (tertiary/aromatic N) is 4. The first-order valence-electron chi connectivity index (χ1n) is 7.31. The second-order valence-electron chi connectivity index (χ2n) is 5.53. The fraction of sp³-hybridized carbons (Fsp3) is 0.312. The minimum atomic E-state index is -0.391. The quantitative estimate of drug-likeness (QED) is 0.640. The Bertz CT molecular complexity index is 773. The summed E-state index contributed by atoms with van der Waals surface area (Å²) in [5.74, 6) is 0. The van der Waals surface area contributed by atoms with Crippen molar-refractivity contribution < 1.29 is 4.92 Å². The molecule has 1 aromatic carbocycles. The van der Waals surface area contributed by atoms with E-state index in [9.17, 15) is 15.4 Å². The van der Waals surface area contributed by atoms with E-state index in [1.807, 2.05) is 18.2 Å². The average Bonchev–Trinajstić information content (AvgIpc) is 3.05. The molecule has 1 saturated heterocycles. The molecule has 0 amide bonds. The lowest BCUT2D eigenvalue weighted by molar-refractivity contribution is -0.380. The van der Waals surface area contributed by atoms with Gasteiger partial charge in [-0.3, -0.25) is 10.1 Å². The van der Waals surface area contributed by atoms with E-state index in [0.717, 1.165) is 53.6 Å². The molecule has 0 aliphatic carbocycles. The van der Waals surface area contributed by atoms with Gasteiger partial charge in [-0.2, -0.15) is 5.26 Å². The molecule has 0 saturated carbocycles. The van der Waals surface area contributed by atoms with E-state index in [1.165, 1.54) is 6.07 Å². The Labute approximate surface area is 138 Å². The van der Waals surface area contributed by atoms with Gasteiger partial charge in [0.2, 0.25) is 0 Å². The molecule has 7 heteroatoms. The lowest BCUT2D eigenvalue weighted by Gasteiger charge is -2.34. The number of nitriles is 1. The van der Waals surface area contributed by atoms with Crippen molar-refractivity contribution in [2.75, 3.05) is 38.1 Å². The van der Waals surface area contributed by atoms with Gasteiger partial charge in [0.05, 0.1) is 16.2 Å². The number of hydrogen-bond donors (Lipinski definition) is 0. The zero-order chi connectivity index (χ0) is 16.4. The lowest BCUT2D eigenvalue weighted by Crippen LogP contribution is -2.44. The van der Waals surface area contributed by atoms with Crippen molar-refractivity contribution >= 4 is 22.0 Å². The predicted molar refractivity (Wildman–Crippen MR) is 90.8 cm³/mol. The highest BCUT2D eigenvalue weighted by Gasteiger charge is 2.18.